The summed E-state index contributed by atoms with van der Waals surface area (Å²) in [6.07, 6.45) is 5.26. The molecule has 9 nitrogen and oxygen atoms in total. The SMILES string of the molecule is CCCc1ccc(=O)n(Cc2c(-c3ccc(N4CCC(CC(=O)OC)C4)c(C)n3)nnn2C)c1. The molecule has 0 amide bonds. The molecule has 0 radical (unpaired) electrons. The van der Waals surface area contributed by atoms with Gasteiger partial charge < -0.3 is 14.2 Å². The van der Waals surface area contributed by atoms with E-state index in [0.717, 1.165) is 60.7 Å². The third kappa shape index (κ3) is 5.03. The van der Waals surface area contributed by atoms with Crippen molar-refractivity contribution in [3.63, 3.8) is 0 Å². The van der Waals surface area contributed by atoms with Crippen molar-refractivity contribution in [3.05, 3.63) is 57.8 Å². The number of anilines is 1. The fourth-order valence-corrected chi connectivity index (χ4v) is 4.61. The van der Waals surface area contributed by atoms with Crippen LogP contribution in [-0.2, 0) is 29.5 Å². The molecule has 1 saturated heterocycles. The lowest BCUT2D eigenvalue weighted by Gasteiger charge is -2.20. The number of carbonyl (C=O) groups excluding carboxylic acids is 1. The molecule has 0 aromatic carbocycles. The fraction of sp³-hybridized carbons (Fsp3) is 0.480. The summed E-state index contributed by atoms with van der Waals surface area (Å²) in [5, 5.41) is 8.57. The fourth-order valence-electron chi connectivity index (χ4n) is 4.61. The Kier molecular flexibility index (Phi) is 7.09. The van der Waals surface area contributed by atoms with Crippen molar-refractivity contribution in [2.24, 2.45) is 13.0 Å². The van der Waals surface area contributed by atoms with E-state index in [1.165, 1.54) is 7.11 Å². The van der Waals surface area contributed by atoms with Crippen molar-refractivity contribution >= 4 is 11.7 Å². The minimum absolute atomic E-state index is 0.0537. The summed E-state index contributed by atoms with van der Waals surface area (Å²) in [4.78, 5) is 31.2. The van der Waals surface area contributed by atoms with Gasteiger partial charge in [0.1, 0.15) is 5.69 Å². The first-order valence-corrected chi connectivity index (χ1v) is 11.8. The molecule has 34 heavy (non-hydrogen) atoms. The number of esters is 1. The largest absolute Gasteiger partial charge is 0.469 e. The number of rotatable bonds is 8. The van der Waals surface area contributed by atoms with Crippen LogP contribution >= 0.6 is 0 Å². The topological polar surface area (TPSA) is 95.1 Å². The molecule has 0 N–H and O–H groups in total. The molecule has 9 heteroatoms. The maximum absolute atomic E-state index is 12.5. The van der Waals surface area contributed by atoms with Crippen LogP contribution in [0.1, 0.15) is 43.1 Å². The Morgan fingerprint density at radius 2 is 2.06 bits per heavy atom. The molecule has 1 aliphatic rings. The third-order valence-electron chi connectivity index (χ3n) is 6.46. The number of hydrogen-bond acceptors (Lipinski definition) is 7. The van der Waals surface area contributed by atoms with Crippen molar-refractivity contribution in [2.45, 2.75) is 46.1 Å². The smallest absolute Gasteiger partial charge is 0.305 e. The molecule has 180 valence electrons. The zero-order chi connectivity index (χ0) is 24.2. The molecule has 0 aliphatic carbocycles. The number of aryl methyl sites for hydroxylation is 3. The molecule has 3 aromatic rings. The summed E-state index contributed by atoms with van der Waals surface area (Å²) in [6.45, 7) is 6.18. The van der Waals surface area contributed by atoms with Gasteiger partial charge in [-0.3, -0.25) is 9.59 Å². The van der Waals surface area contributed by atoms with E-state index in [0.29, 0.717) is 24.6 Å². The van der Waals surface area contributed by atoms with Crippen molar-refractivity contribution < 1.29 is 9.53 Å². The lowest BCUT2D eigenvalue weighted by Crippen LogP contribution is -2.22. The second-order valence-corrected chi connectivity index (χ2v) is 8.94. The van der Waals surface area contributed by atoms with Crippen molar-refractivity contribution in [1.82, 2.24) is 24.5 Å². The Bertz CT molecular complexity index is 1230. The Labute approximate surface area is 199 Å². The summed E-state index contributed by atoms with van der Waals surface area (Å²) in [5.41, 5.74) is 5.27. The van der Waals surface area contributed by atoms with E-state index in [9.17, 15) is 9.59 Å². The lowest BCUT2D eigenvalue weighted by atomic mass is 10.1. The van der Waals surface area contributed by atoms with E-state index in [4.69, 9.17) is 9.72 Å². The van der Waals surface area contributed by atoms with Gasteiger partial charge in [-0.15, -0.1) is 5.10 Å². The van der Waals surface area contributed by atoms with E-state index >= 15 is 0 Å². The van der Waals surface area contributed by atoms with E-state index in [-0.39, 0.29) is 11.5 Å². The maximum atomic E-state index is 12.5. The van der Waals surface area contributed by atoms with Gasteiger partial charge in [-0.25, -0.2) is 9.67 Å². The van der Waals surface area contributed by atoms with Gasteiger partial charge in [0.25, 0.3) is 5.56 Å². The van der Waals surface area contributed by atoms with Gasteiger partial charge in [-0.2, -0.15) is 0 Å². The molecule has 0 spiro atoms. The minimum atomic E-state index is -0.161. The minimum Gasteiger partial charge on any atom is -0.469 e. The van der Waals surface area contributed by atoms with Crippen LogP contribution in [0.5, 0.6) is 0 Å². The highest BCUT2D eigenvalue weighted by atomic mass is 16.5. The number of nitrogens with zero attached hydrogens (tertiary/aromatic N) is 6. The molecule has 0 bridgehead atoms. The Hall–Kier alpha value is -3.49. The van der Waals surface area contributed by atoms with Gasteiger partial charge in [0.15, 0.2) is 0 Å². The number of aromatic nitrogens is 5. The van der Waals surface area contributed by atoms with Crippen LogP contribution < -0.4 is 10.5 Å². The van der Waals surface area contributed by atoms with Gasteiger partial charge in [0.2, 0.25) is 0 Å². The lowest BCUT2D eigenvalue weighted by molar-refractivity contribution is -0.141. The number of carbonyl (C=O) groups is 1. The highest BCUT2D eigenvalue weighted by Gasteiger charge is 2.26. The van der Waals surface area contributed by atoms with Gasteiger partial charge in [0.05, 0.1) is 42.8 Å². The van der Waals surface area contributed by atoms with Crippen LogP contribution in [0.25, 0.3) is 11.4 Å². The normalized spacial score (nSPS) is 15.6. The molecular weight excluding hydrogens is 432 g/mol. The van der Waals surface area contributed by atoms with E-state index in [1.54, 1.807) is 15.3 Å². The van der Waals surface area contributed by atoms with E-state index < -0.39 is 0 Å². The number of hydrogen-bond donors (Lipinski definition) is 0. The third-order valence-corrected chi connectivity index (χ3v) is 6.46. The second-order valence-electron chi connectivity index (χ2n) is 8.94. The monoisotopic (exact) mass is 464 g/mol. The highest BCUT2D eigenvalue weighted by molar-refractivity contribution is 5.70. The zero-order valence-electron chi connectivity index (χ0n) is 20.3. The van der Waals surface area contributed by atoms with Crippen molar-refractivity contribution in [1.29, 1.82) is 0 Å². The molecule has 4 rings (SSSR count). The Balaban J connectivity index is 1.57. The summed E-state index contributed by atoms with van der Waals surface area (Å²) < 4.78 is 8.23. The van der Waals surface area contributed by atoms with Gasteiger partial charge in [-0.1, -0.05) is 24.6 Å². The Morgan fingerprint density at radius 1 is 1.24 bits per heavy atom. The number of pyridine rings is 2. The van der Waals surface area contributed by atoms with E-state index in [2.05, 4.69) is 28.2 Å². The first-order valence-electron chi connectivity index (χ1n) is 11.8. The molecule has 3 aromatic heterocycles. The Morgan fingerprint density at radius 3 is 2.79 bits per heavy atom. The van der Waals surface area contributed by atoms with Crippen LogP contribution in [-0.4, -0.2) is 50.7 Å². The van der Waals surface area contributed by atoms with Crippen LogP contribution in [0, 0.1) is 12.8 Å². The first-order chi connectivity index (χ1) is 16.4. The maximum Gasteiger partial charge on any atom is 0.305 e. The van der Waals surface area contributed by atoms with Crippen LogP contribution in [0.2, 0.25) is 0 Å². The quantitative estimate of drug-likeness (QED) is 0.473. The molecule has 1 fully saturated rings. The first kappa shape index (κ1) is 23.7. The molecule has 4 heterocycles. The standard InChI is InChI=1S/C25H32N6O3/c1-5-6-18-7-10-23(32)31(14-18)16-22-25(27-28-29(22)3)20-8-9-21(17(2)26-20)30-12-11-19(15-30)13-24(33)34-4/h7-10,14,19H,5-6,11-13,15-16H2,1-4H3. The number of methoxy groups -OCH3 is 1. The van der Waals surface area contributed by atoms with Crippen LogP contribution in [0.4, 0.5) is 5.69 Å². The average Bonchev–Trinajstić information content (AvgIpc) is 3.42. The number of ether oxygens (including phenoxy) is 1. The molecule has 1 unspecified atom stereocenters. The molecule has 0 saturated carbocycles. The zero-order valence-corrected chi connectivity index (χ0v) is 20.3. The van der Waals surface area contributed by atoms with Crippen LogP contribution in [0.3, 0.4) is 0 Å². The average molecular weight is 465 g/mol. The predicted octanol–water partition coefficient (Wildman–Crippen LogP) is 2.74. The molecular formula is C25H32N6O3. The van der Waals surface area contributed by atoms with Crippen molar-refractivity contribution in [3.8, 4) is 11.4 Å². The van der Waals surface area contributed by atoms with Crippen molar-refractivity contribution in [2.75, 3.05) is 25.1 Å². The van der Waals surface area contributed by atoms with E-state index in [1.807, 2.05) is 32.3 Å². The molecule has 1 aliphatic heterocycles. The summed E-state index contributed by atoms with van der Waals surface area (Å²) in [6, 6.07) is 7.53. The summed E-state index contributed by atoms with van der Waals surface area (Å²) in [5.74, 6) is 0.131. The summed E-state index contributed by atoms with van der Waals surface area (Å²) >= 11 is 0. The van der Waals surface area contributed by atoms with Gasteiger partial charge >= 0.3 is 5.97 Å². The molecule has 1 atom stereocenters. The second kappa shape index (κ2) is 10.2. The van der Waals surface area contributed by atoms with Gasteiger partial charge in [0, 0.05) is 32.4 Å². The van der Waals surface area contributed by atoms with Crippen LogP contribution in [0.15, 0.2) is 35.3 Å². The highest BCUT2D eigenvalue weighted by Crippen LogP contribution is 2.30. The van der Waals surface area contributed by atoms with Gasteiger partial charge in [-0.05, 0) is 43.4 Å². The summed E-state index contributed by atoms with van der Waals surface area (Å²) in [7, 11) is 3.26. The predicted molar refractivity (Wildman–Crippen MR) is 130 cm³/mol.